The van der Waals surface area contributed by atoms with Gasteiger partial charge in [0.15, 0.2) is 0 Å². The highest BCUT2D eigenvalue weighted by Gasteiger charge is 2.40. The van der Waals surface area contributed by atoms with Gasteiger partial charge in [-0.25, -0.2) is 19.4 Å². The zero-order chi connectivity index (χ0) is 18.4. The van der Waals surface area contributed by atoms with Crippen LogP contribution in [0.1, 0.15) is 37.8 Å². The second-order valence-corrected chi connectivity index (χ2v) is 6.65. The van der Waals surface area contributed by atoms with E-state index in [1.54, 1.807) is 6.92 Å². The molecule has 3 aliphatic rings. The Balaban J connectivity index is 1.76. The van der Waals surface area contributed by atoms with Gasteiger partial charge in [0.2, 0.25) is 0 Å². The first kappa shape index (κ1) is 16.3. The molecule has 4 rings (SSSR count). The Kier molecular flexibility index (Phi) is 3.76. The van der Waals surface area contributed by atoms with Crippen molar-refractivity contribution in [1.29, 1.82) is 0 Å². The van der Waals surface area contributed by atoms with Crippen molar-refractivity contribution in [3.05, 3.63) is 82.0 Å². The van der Waals surface area contributed by atoms with Gasteiger partial charge in [-0.1, -0.05) is 43.0 Å². The summed E-state index contributed by atoms with van der Waals surface area (Å²) in [6.45, 7) is 6.67. The maximum Gasteiger partial charge on any atom is 0.382 e. The molecule has 0 aromatic heterocycles. The minimum absolute atomic E-state index is 0.170. The lowest BCUT2D eigenvalue weighted by Crippen LogP contribution is -2.13. The minimum atomic E-state index is -0.754. The van der Waals surface area contributed by atoms with Gasteiger partial charge in [0.25, 0.3) is 0 Å². The molecule has 4 nitrogen and oxygen atoms in total. The van der Waals surface area contributed by atoms with E-state index < -0.39 is 11.9 Å². The van der Waals surface area contributed by atoms with E-state index in [4.69, 9.17) is 4.89 Å². The highest BCUT2D eigenvalue weighted by molar-refractivity contribution is 6.19. The number of carbonyl (C=O) groups is 2. The number of hydrogen-bond acceptors (Lipinski definition) is 4. The fourth-order valence-corrected chi connectivity index (χ4v) is 3.78. The molecule has 0 fully saturated rings. The molecule has 0 amide bonds. The first-order valence-corrected chi connectivity index (χ1v) is 8.52. The molecule has 26 heavy (non-hydrogen) atoms. The molecule has 0 saturated heterocycles. The van der Waals surface area contributed by atoms with Crippen molar-refractivity contribution in [2.75, 3.05) is 0 Å². The van der Waals surface area contributed by atoms with Gasteiger partial charge in [0.1, 0.15) is 0 Å². The number of fused-ring (bicyclic) bond motifs is 6. The SMILES string of the molecule is C=C(C)C(=O)OOC(=O)C(C)=C1C2=C3CC=CCC3=C1c1ccccc12. The Labute approximate surface area is 151 Å². The fourth-order valence-electron chi connectivity index (χ4n) is 3.78. The number of rotatable bonds is 2. The Morgan fingerprint density at radius 1 is 0.885 bits per heavy atom. The van der Waals surface area contributed by atoms with Crippen LogP contribution in [0.2, 0.25) is 0 Å². The third kappa shape index (κ3) is 2.30. The average molecular weight is 346 g/mol. The molecular formula is C22H18O4. The van der Waals surface area contributed by atoms with Crippen molar-refractivity contribution in [2.45, 2.75) is 26.7 Å². The van der Waals surface area contributed by atoms with Crippen LogP contribution < -0.4 is 0 Å². The summed E-state index contributed by atoms with van der Waals surface area (Å²) in [4.78, 5) is 33.3. The Morgan fingerprint density at radius 2 is 1.38 bits per heavy atom. The van der Waals surface area contributed by atoms with E-state index >= 15 is 0 Å². The van der Waals surface area contributed by atoms with Crippen molar-refractivity contribution < 1.29 is 19.4 Å². The molecule has 0 heterocycles. The smallest absolute Gasteiger partial charge is 0.242 e. The van der Waals surface area contributed by atoms with Gasteiger partial charge in [-0.15, -0.1) is 0 Å². The van der Waals surface area contributed by atoms with Crippen LogP contribution in [-0.2, 0) is 19.4 Å². The van der Waals surface area contributed by atoms with Crippen molar-refractivity contribution in [1.82, 2.24) is 0 Å². The third-order valence-corrected chi connectivity index (χ3v) is 4.97. The summed E-state index contributed by atoms with van der Waals surface area (Å²) in [5, 5.41) is 0. The molecule has 1 aromatic rings. The summed E-state index contributed by atoms with van der Waals surface area (Å²) in [6, 6.07) is 8.18. The number of hydrogen-bond donors (Lipinski definition) is 0. The molecule has 4 heteroatoms. The minimum Gasteiger partial charge on any atom is -0.242 e. The van der Waals surface area contributed by atoms with Crippen LogP contribution in [0.4, 0.5) is 0 Å². The van der Waals surface area contributed by atoms with Crippen LogP contribution in [0.3, 0.4) is 0 Å². The lowest BCUT2D eigenvalue weighted by Gasteiger charge is -2.18. The van der Waals surface area contributed by atoms with Crippen LogP contribution in [0, 0.1) is 0 Å². The van der Waals surface area contributed by atoms with Gasteiger partial charge >= 0.3 is 11.9 Å². The summed E-state index contributed by atoms with van der Waals surface area (Å²) in [5.41, 5.74) is 8.58. The van der Waals surface area contributed by atoms with E-state index in [1.807, 2.05) is 12.1 Å². The predicted octanol–water partition coefficient (Wildman–Crippen LogP) is 4.47. The van der Waals surface area contributed by atoms with Gasteiger partial charge in [-0.3, -0.25) is 0 Å². The lowest BCUT2D eigenvalue weighted by molar-refractivity contribution is -0.252. The second-order valence-electron chi connectivity index (χ2n) is 6.65. The standard InChI is InChI=1S/C22H18O4/c1-12(2)21(23)25-26-22(24)13(3)18-19-14-8-4-5-9-15(14)20(18)17-11-7-6-10-16(17)19/h4-9H,1,10-11H2,2-3H3. The summed E-state index contributed by atoms with van der Waals surface area (Å²) in [6.07, 6.45) is 6.04. The van der Waals surface area contributed by atoms with E-state index in [1.165, 1.54) is 18.1 Å². The van der Waals surface area contributed by atoms with Gasteiger partial charge < -0.3 is 0 Å². The maximum atomic E-state index is 12.5. The summed E-state index contributed by atoms with van der Waals surface area (Å²) < 4.78 is 0. The summed E-state index contributed by atoms with van der Waals surface area (Å²) in [5.74, 6) is -1.42. The van der Waals surface area contributed by atoms with Gasteiger partial charge in [-0.2, -0.15) is 0 Å². The quantitative estimate of drug-likeness (QED) is 0.343. The molecule has 0 unspecified atom stereocenters. The van der Waals surface area contributed by atoms with E-state index in [2.05, 4.69) is 35.8 Å². The van der Waals surface area contributed by atoms with Crippen LogP contribution in [0.5, 0.6) is 0 Å². The molecule has 0 saturated carbocycles. The zero-order valence-electron chi connectivity index (χ0n) is 14.7. The molecule has 1 aromatic carbocycles. The molecule has 0 spiro atoms. The maximum absolute atomic E-state index is 12.5. The predicted molar refractivity (Wildman–Crippen MR) is 98.4 cm³/mol. The van der Waals surface area contributed by atoms with Gasteiger partial charge in [-0.05, 0) is 60.1 Å². The van der Waals surface area contributed by atoms with Crippen molar-refractivity contribution in [3.63, 3.8) is 0 Å². The van der Waals surface area contributed by atoms with E-state index in [-0.39, 0.29) is 5.57 Å². The van der Waals surface area contributed by atoms with Crippen molar-refractivity contribution in [3.8, 4) is 0 Å². The van der Waals surface area contributed by atoms with Gasteiger partial charge in [0.05, 0.1) is 0 Å². The summed E-state index contributed by atoms with van der Waals surface area (Å²) >= 11 is 0. The molecule has 130 valence electrons. The number of benzene rings is 1. The van der Waals surface area contributed by atoms with Crippen LogP contribution >= 0.6 is 0 Å². The largest absolute Gasteiger partial charge is 0.382 e. The van der Waals surface area contributed by atoms with Crippen molar-refractivity contribution >= 4 is 23.1 Å². The first-order chi connectivity index (χ1) is 12.5. The molecule has 0 N–H and O–H groups in total. The monoisotopic (exact) mass is 346 g/mol. The fraction of sp³-hybridized carbons (Fsp3) is 0.182. The topological polar surface area (TPSA) is 52.6 Å². The summed E-state index contributed by atoms with van der Waals surface area (Å²) in [7, 11) is 0. The molecule has 3 aliphatic carbocycles. The first-order valence-electron chi connectivity index (χ1n) is 8.52. The number of carbonyl (C=O) groups excluding carboxylic acids is 2. The molecule has 0 atom stereocenters. The average Bonchev–Trinajstić information content (AvgIpc) is 3.17. The van der Waals surface area contributed by atoms with Gasteiger partial charge in [0, 0.05) is 16.7 Å². The second kappa shape index (κ2) is 5.99. The Morgan fingerprint density at radius 3 is 1.88 bits per heavy atom. The van der Waals surface area contributed by atoms with E-state index in [9.17, 15) is 9.59 Å². The molecule has 2 bridgehead atoms. The molecular weight excluding hydrogens is 328 g/mol. The van der Waals surface area contributed by atoms with Crippen LogP contribution in [0.15, 0.2) is 70.9 Å². The molecule has 0 radical (unpaired) electrons. The normalized spacial score (nSPS) is 16.5. The molecule has 0 aliphatic heterocycles. The highest BCUT2D eigenvalue weighted by Crippen LogP contribution is 2.58. The zero-order valence-corrected chi connectivity index (χ0v) is 14.7. The van der Waals surface area contributed by atoms with Crippen LogP contribution in [-0.4, -0.2) is 11.9 Å². The lowest BCUT2D eigenvalue weighted by atomic mass is 9.86. The van der Waals surface area contributed by atoms with Crippen LogP contribution in [0.25, 0.3) is 11.1 Å². The van der Waals surface area contributed by atoms with E-state index in [0.717, 1.165) is 40.7 Å². The number of allylic oxidation sites excluding steroid dienone is 7. The van der Waals surface area contributed by atoms with Crippen molar-refractivity contribution in [2.24, 2.45) is 0 Å². The third-order valence-electron chi connectivity index (χ3n) is 4.97. The Hall–Kier alpha value is -3.14. The Bertz CT molecular complexity index is 946. The highest BCUT2D eigenvalue weighted by atomic mass is 17.2. The van der Waals surface area contributed by atoms with E-state index in [0.29, 0.717) is 5.57 Å².